The molecule has 0 saturated carbocycles. The van der Waals surface area contributed by atoms with Crippen LogP contribution in [0.4, 0.5) is 0 Å². The van der Waals surface area contributed by atoms with E-state index in [4.69, 9.17) is 32.4 Å². The molecule has 6 nitrogen and oxygen atoms in total. The highest BCUT2D eigenvalue weighted by Crippen LogP contribution is 2.35. The molecule has 10 heteroatoms. The number of fused-ring (bicyclic) bond motifs is 1. The summed E-state index contributed by atoms with van der Waals surface area (Å²) in [5.74, 6) is 0.541. The van der Waals surface area contributed by atoms with Crippen LogP contribution in [-0.4, -0.2) is 17.1 Å². The van der Waals surface area contributed by atoms with Crippen LogP contribution in [0.15, 0.2) is 73.3 Å². The van der Waals surface area contributed by atoms with E-state index in [-0.39, 0.29) is 12.2 Å². The summed E-state index contributed by atoms with van der Waals surface area (Å²) in [6.07, 6.45) is 1.67. The number of allylic oxidation sites excluding steroid dienone is 1. The second-order valence-corrected chi connectivity index (χ2v) is 10.4. The third-order valence-electron chi connectivity index (χ3n) is 5.45. The van der Waals surface area contributed by atoms with Crippen LogP contribution in [0.3, 0.4) is 0 Å². The van der Waals surface area contributed by atoms with Crippen LogP contribution in [0.25, 0.3) is 17.4 Å². The Bertz CT molecular complexity index is 1640. The number of nitrogens with zero attached hydrogens (tertiary/aromatic N) is 2. The molecule has 1 aliphatic heterocycles. The minimum absolute atomic E-state index is 0.231. The van der Waals surface area contributed by atoms with E-state index in [1.54, 1.807) is 48.8 Å². The van der Waals surface area contributed by atoms with Gasteiger partial charge in [-0.05, 0) is 49.6 Å². The first-order chi connectivity index (χ1) is 16.9. The van der Waals surface area contributed by atoms with Crippen molar-refractivity contribution in [2.45, 2.75) is 19.9 Å². The Labute approximate surface area is 218 Å². The number of hydrogen-bond donors (Lipinski definition) is 0. The lowest BCUT2D eigenvalue weighted by molar-refractivity contribution is -0.139. The van der Waals surface area contributed by atoms with Crippen molar-refractivity contribution in [1.29, 1.82) is 0 Å². The lowest BCUT2D eigenvalue weighted by Gasteiger charge is -2.23. The van der Waals surface area contributed by atoms with Crippen LogP contribution in [0, 0.1) is 0 Å². The summed E-state index contributed by atoms with van der Waals surface area (Å²) in [7, 11) is 0. The van der Waals surface area contributed by atoms with E-state index in [0.717, 1.165) is 4.88 Å². The number of carbonyl (C=O) groups is 1. The number of ether oxygens (including phenoxy) is 1. The first kappa shape index (κ1) is 23.8. The normalized spacial score (nSPS) is 15.8. The van der Waals surface area contributed by atoms with Gasteiger partial charge >= 0.3 is 5.97 Å². The standard InChI is InChI=1S/C25H18Cl2N2O4S2/c1-3-32-24(31)20-13(2)28-25-29(22(20)18-8-5-11-34-18)23(30)19(35-25)12-14-9-10-17(33-14)15-6-4-7-16(26)21(15)27/h4-12,22H,3H2,1-2H3/b19-12+/t22-/m1/s1. The van der Waals surface area contributed by atoms with Gasteiger partial charge in [0, 0.05) is 16.5 Å². The molecule has 0 saturated heterocycles. The van der Waals surface area contributed by atoms with Gasteiger partial charge in [-0.2, -0.15) is 0 Å². The predicted octanol–water partition coefficient (Wildman–Crippen LogP) is 5.43. The maximum absolute atomic E-state index is 13.6. The summed E-state index contributed by atoms with van der Waals surface area (Å²) in [6.45, 7) is 3.74. The third-order valence-corrected chi connectivity index (χ3v) is 8.17. The van der Waals surface area contributed by atoms with Crippen LogP contribution in [0.5, 0.6) is 0 Å². The smallest absolute Gasteiger partial charge is 0.338 e. The average Bonchev–Trinajstić information content (AvgIpc) is 3.57. The molecular weight excluding hydrogens is 527 g/mol. The maximum atomic E-state index is 13.6. The summed E-state index contributed by atoms with van der Waals surface area (Å²) in [5, 5.41) is 2.73. The van der Waals surface area contributed by atoms with Gasteiger partial charge in [0.2, 0.25) is 0 Å². The van der Waals surface area contributed by atoms with Gasteiger partial charge in [-0.25, -0.2) is 9.79 Å². The second kappa shape index (κ2) is 9.62. The van der Waals surface area contributed by atoms with Crippen LogP contribution < -0.4 is 14.9 Å². The van der Waals surface area contributed by atoms with Crippen molar-refractivity contribution in [2.75, 3.05) is 6.61 Å². The Balaban J connectivity index is 1.62. The molecule has 0 aliphatic carbocycles. The Kier molecular flexibility index (Phi) is 6.55. The molecule has 35 heavy (non-hydrogen) atoms. The average molecular weight is 545 g/mol. The van der Waals surface area contributed by atoms with Crippen molar-refractivity contribution in [3.05, 3.63) is 99.5 Å². The van der Waals surface area contributed by atoms with Crippen molar-refractivity contribution in [3.63, 3.8) is 0 Å². The van der Waals surface area contributed by atoms with Crippen molar-refractivity contribution < 1.29 is 13.9 Å². The van der Waals surface area contributed by atoms with Crippen LogP contribution in [-0.2, 0) is 9.53 Å². The zero-order valence-corrected chi connectivity index (χ0v) is 21.7. The molecule has 4 heterocycles. The molecule has 1 aliphatic rings. The number of carbonyl (C=O) groups excluding carboxylic acids is 1. The topological polar surface area (TPSA) is 73.8 Å². The quantitative estimate of drug-likeness (QED) is 0.314. The van der Waals surface area contributed by atoms with E-state index in [0.29, 0.717) is 47.7 Å². The number of esters is 1. The summed E-state index contributed by atoms with van der Waals surface area (Å²) >= 11 is 15.2. The van der Waals surface area contributed by atoms with Gasteiger partial charge in [-0.15, -0.1) is 11.3 Å². The molecule has 5 rings (SSSR count). The highest BCUT2D eigenvalue weighted by molar-refractivity contribution is 7.10. The lowest BCUT2D eigenvalue weighted by atomic mass is 10.0. The Morgan fingerprint density at radius 2 is 2.06 bits per heavy atom. The molecule has 178 valence electrons. The van der Waals surface area contributed by atoms with E-state index in [9.17, 15) is 9.59 Å². The number of rotatable bonds is 5. The fourth-order valence-corrected chi connectivity index (χ4v) is 6.15. The fourth-order valence-electron chi connectivity index (χ4n) is 3.91. The molecule has 0 radical (unpaired) electrons. The fraction of sp³-hybridized carbons (Fsp3) is 0.160. The largest absolute Gasteiger partial charge is 0.463 e. The number of furan rings is 1. The molecule has 3 aromatic heterocycles. The van der Waals surface area contributed by atoms with E-state index < -0.39 is 12.0 Å². The Morgan fingerprint density at radius 1 is 1.23 bits per heavy atom. The van der Waals surface area contributed by atoms with Gasteiger partial charge in [0.25, 0.3) is 5.56 Å². The summed E-state index contributed by atoms with van der Waals surface area (Å²) < 4.78 is 13.2. The molecule has 0 amide bonds. The molecular formula is C25H18Cl2N2O4S2. The number of hydrogen-bond acceptors (Lipinski definition) is 7. The molecule has 0 N–H and O–H groups in total. The number of benzene rings is 1. The zero-order valence-electron chi connectivity index (χ0n) is 18.6. The van der Waals surface area contributed by atoms with Crippen molar-refractivity contribution in [1.82, 2.24) is 4.57 Å². The zero-order chi connectivity index (χ0) is 24.7. The molecule has 0 unspecified atom stereocenters. The lowest BCUT2D eigenvalue weighted by Crippen LogP contribution is -2.39. The van der Waals surface area contributed by atoms with E-state index >= 15 is 0 Å². The minimum Gasteiger partial charge on any atom is -0.463 e. The molecule has 1 atom stereocenters. The Morgan fingerprint density at radius 3 is 2.80 bits per heavy atom. The molecule has 0 bridgehead atoms. The minimum atomic E-state index is -0.607. The van der Waals surface area contributed by atoms with Crippen LogP contribution in [0.2, 0.25) is 10.0 Å². The SMILES string of the molecule is CCOC(=O)C1=C(C)N=c2s/c(=C/c3ccc(-c4cccc(Cl)c4Cl)o3)c(=O)n2[C@@H]1c1cccs1. The highest BCUT2D eigenvalue weighted by Gasteiger charge is 2.33. The maximum Gasteiger partial charge on any atom is 0.338 e. The van der Waals surface area contributed by atoms with Gasteiger partial charge in [0.1, 0.15) is 17.6 Å². The number of thiophene rings is 1. The van der Waals surface area contributed by atoms with Crippen molar-refractivity contribution >= 4 is 57.9 Å². The van der Waals surface area contributed by atoms with Gasteiger partial charge < -0.3 is 9.15 Å². The van der Waals surface area contributed by atoms with Gasteiger partial charge in [-0.3, -0.25) is 9.36 Å². The van der Waals surface area contributed by atoms with Crippen molar-refractivity contribution in [2.24, 2.45) is 4.99 Å². The molecule has 4 aromatic rings. The van der Waals surface area contributed by atoms with E-state index in [2.05, 4.69) is 4.99 Å². The first-order valence-corrected chi connectivity index (χ1v) is 13.1. The molecule has 0 spiro atoms. The molecule has 0 fully saturated rings. The van der Waals surface area contributed by atoms with E-state index in [1.807, 2.05) is 23.6 Å². The number of thiazole rings is 1. The third kappa shape index (κ3) is 4.31. The predicted molar refractivity (Wildman–Crippen MR) is 139 cm³/mol. The molecule has 1 aromatic carbocycles. The van der Waals surface area contributed by atoms with Gasteiger partial charge in [0.05, 0.1) is 32.5 Å². The summed E-state index contributed by atoms with van der Waals surface area (Å²) in [6, 6.07) is 12.0. The first-order valence-electron chi connectivity index (χ1n) is 10.7. The summed E-state index contributed by atoms with van der Waals surface area (Å²) in [5.41, 5.74) is 1.29. The second-order valence-electron chi connectivity index (χ2n) is 7.62. The van der Waals surface area contributed by atoms with Crippen LogP contribution in [0.1, 0.15) is 30.5 Å². The highest BCUT2D eigenvalue weighted by atomic mass is 35.5. The number of aromatic nitrogens is 1. The van der Waals surface area contributed by atoms with Gasteiger partial charge in [0.15, 0.2) is 4.80 Å². The van der Waals surface area contributed by atoms with E-state index in [1.165, 1.54) is 22.7 Å². The summed E-state index contributed by atoms with van der Waals surface area (Å²) in [4.78, 5) is 32.3. The van der Waals surface area contributed by atoms with Gasteiger partial charge in [-0.1, -0.05) is 46.7 Å². The van der Waals surface area contributed by atoms with Crippen molar-refractivity contribution in [3.8, 4) is 11.3 Å². The van der Waals surface area contributed by atoms with Crippen LogP contribution >= 0.6 is 45.9 Å². The monoisotopic (exact) mass is 544 g/mol. The Hall–Kier alpha value is -2.91. The number of halogens is 2.